The first-order valence-corrected chi connectivity index (χ1v) is 27.2. The zero-order chi connectivity index (χ0) is 43.9. The first-order chi connectivity index (χ1) is 29.3. The van der Waals surface area contributed by atoms with Crippen LogP contribution in [0.3, 0.4) is 0 Å². The molecule has 0 aliphatic carbocycles. The van der Waals surface area contributed by atoms with E-state index in [4.69, 9.17) is 19.3 Å². The average molecular weight is 869 g/mol. The summed E-state index contributed by atoms with van der Waals surface area (Å²) in [6.07, 6.45) is 56.2. The smallest absolute Gasteiger partial charge is 0.462 e. The van der Waals surface area contributed by atoms with E-state index in [1.165, 1.54) is 186 Å². The highest BCUT2D eigenvalue weighted by molar-refractivity contribution is 7.46. The SMILES string of the molecule is CCCCCCC/C=C\C/C=C\CCCCCCCCCCCC(=O)OC(COC(=O)CCCCCCCCCCCCCCCCCCCCCCC)COP(=O)(O)O. The van der Waals surface area contributed by atoms with Gasteiger partial charge in [0.2, 0.25) is 0 Å². The fraction of sp³-hybridized carbons (Fsp3) is 0.882. The van der Waals surface area contributed by atoms with E-state index in [1.807, 2.05) is 0 Å². The van der Waals surface area contributed by atoms with Crippen molar-refractivity contribution in [3.8, 4) is 0 Å². The number of carbonyl (C=O) groups excluding carboxylic acids is 2. The molecule has 0 radical (unpaired) electrons. The van der Waals surface area contributed by atoms with Crippen molar-refractivity contribution in [1.29, 1.82) is 0 Å². The minimum Gasteiger partial charge on any atom is -0.462 e. The van der Waals surface area contributed by atoms with Gasteiger partial charge in [0.25, 0.3) is 0 Å². The van der Waals surface area contributed by atoms with E-state index in [1.54, 1.807) is 0 Å². The maximum atomic E-state index is 12.5. The van der Waals surface area contributed by atoms with E-state index in [-0.39, 0.29) is 19.4 Å². The molecule has 0 aromatic rings. The maximum absolute atomic E-state index is 12.5. The van der Waals surface area contributed by atoms with Crippen LogP contribution in [0.4, 0.5) is 0 Å². The van der Waals surface area contributed by atoms with E-state index in [2.05, 4.69) is 42.7 Å². The highest BCUT2D eigenvalue weighted by Gasteiger charge is 2.23. The summed E-state index contributed by atoms with van der Waals surface area (Å²) < 4.78 is 26.5. The molecule has 0 spiro atoms. The Balaban J connectivity index is 3.79. The Morgan fingerprint density at radius 2 is 0.750 bits per heavy atom. The first-order valence-electron chi connectivity index (χ1n) is 25.6. The number of unbranched alkanes of at least 4 members (excludes halogenated alkanes) is 34. The average Bonchev–Trinajstić information content (AvgIpc) is 3.22. The molecule has 1 atom stereocenters. The molecule has 0 rings (SSSR count). The van der Waals surface area contributed by atoms with Gasteiger partial charge in [-0.25, -0.2) is 4.57 Å². The van der Waals surface area contributed by atoms with Crippen molar-refractivity contribution >= 4 is 19.8 Å². The standard InChI is InChI=1S/C51H97O8P/c1-3-5-7-9-11-13-15-17-19-21-23-25-27-29-31-33-35-37-39-41-43-45-50(52)57-47-49(48-58-60(54,55)56)59-51(53)46-44-42-40-38-36-34-32-30-28-26-24-22-20-18-16-14-12-10-8-6-4-2/h16,18,22,24,49H,3-15,17,19-21,23,25-48H2,1-2H3,(H2,54,55,56)/b18-16-,24-22-. The van der Waals surface area contributed by atoms with Crippen molar-refractivity contribution in [2.45, 2.75) is 277 Å². The monoisotopic (exact) mass is 869 g/mol. The van der Waals surface area contributed by atoms with Crippen LogP contribution >= 0.6 is 7.82 Å². The summed E-state index contributed by atoms with van der Waals surface area (Å²) in [4.78, 5) is 43.1. The molecule has 9 heteroatoms. The zero-order valence-electron chi connectivity index (χ0n) is 39.4. The molecule has 0 aliphatic heterocycles. The number of phosphoric ester groups is 1. The van der Waals surface area contributed by atoms with Crippen LogP contribution in [0.25, 0.3) is 0 Å². The van der Waals surface area contributed by atoms with Crippen molar-refractivity contribution in [3.63, 3.8) is 0 Å². The van der Waals surface area contributed by atoms with Crippen LogP contribution in [0.2, 0.25) is 0 Å². The molecule has 0 aliphatic rings. The molecule has 354 valence electrons. The van der Waals surface area contributed by atoms with Crippen molar-refractivity contribution < 1.29 is 37.9 Å². The summed E-state index contributed by atoms with van der Waals surface area (Å²) in [7, 11) is -4.76. The summed E-state index contributed by atoms with van der Waals surface area (Å²) in [6, 6.07) is 0. The lowest BCUT2D eigenvalue weighted by molar-refractivity contribution is -0.161. The third-order valence-electron chi connectivity index (χ3n) is 11.5. The van der Waals surface area contributed by atoms with Gasteiger partial charge in [0.1, 0.15) is 6.61 Å². The molecule has 0 amide bonds. The number of allylic oxidation sites excluding steroid dienone is 4. The summed E-state index contributed by atoms with van der Waals surface area (Å²) >= 11 is 0. The Labute approximate surface area is 370 Å². The lowest BCUT2D eigenvalue weighted by Gasteiger charge is -2.18. The van der Waals surface area contributed by atoms with Crippen molar-refractivity contribution in [2.24, 2.45) is 0 Å². The number of phosphoric acid groups is 1. The number of rotatable bonds is 48. The van der Waals surface area contributed by atoms with Crippen molar-refractivity contribution in [1.82, 2.24) is 0 Å². The van der Waals surface area contributed by atoms with Gasteiger partial charge in [-0.15, -0.1) is 0 Å². The van der Waals surface area contributed by atoms with Crippen LogP contribution in [0.1, 0.15) is 271 Å². The molecular weight excluding hydrogens is 772 g/mol. The number of carbonyl (C=O) groups is 2. The third kappa shape index (κ3) is 49.2. The van der Waals surface area contributed by atoms with Gasteiger partial charge in [-0.2, -0.15) is 0 Å². The summed E-state index contributed by atoms with van der Waals surface area (Å²) in [5.41, 5.74) is 0. The normalized spacial score (nSPS) is 12.5. The lowest BCUT2D eigenvalue weighted by atomic mass is 10.0. The minimum absolute atomic E-state index is 0.210. The molecule has 60 heavy (non-hydrogen) atoms. The Bertz CT molecular complexity index is 1020. The molecule has 2 N–H and O–H groups in total. The molecule has 0 fully saturated rings. The summed E-state index contributed by atoms with van der Waals surface area (Å²) in [5, 5.41) is 0. The van der Waals surface area contributed by atoms with Crippen molar-refractivity contribution in [2.75, 3.05) is 13.2 Å². The van der Waals surface area contributed by atoms with Gasteiger partial charge in [0.15, 0.2) is 6.10 Å². The fourth-order valence-corrected chi connectivity index (χ4v) is 8.00. The summed E-state index contributed by atoms with van der Waals surface area (Å²) in [5.74, 6) is -0.874. The second-order valence-corrected chi connectivity index (χ2v) is 18.7. The Hall–Kier alpha value is -1.47. The second kappa shape index (κ2) is 47.0. The molecule has 0 bridgehead atoms. The molecule has 8 nitrogen and oxygen atoms in total. The summed E-state index contributed by atoms with van der Waals surface area (Å²) in [6.45, 7) is 3.72. The molecule has 0 aromatic heterocycles. The Kier molecular flexibility index (Phi) is 45.9. The molecule has 1 unspecified atom stereocenters. The van der Waals surface area contributed by atoms with Crippen LogP contribution in [0.5, 0.6) is 0 Å². The van der Waals surface area contributed by atoms with Gasteiger partial charge in [0, 0.05) is 12.8 Å². The van der Waals surface area contributed by atoms with Gasteiger partial charge >= 0.3 is 19.8 Å². The zero-order valence-corrected chi connectivity index (χ0v) is 40.3. The first kappa shape index (κ1) is 58.5. The van der Waals surface area contributed by atoms with Crippen LogP contribution in [0.15, 0.2) is 24.3 Å². The van der Waals surface area contributed by atoms with Gasteiger partial charge in [-0.1, -0.05) is 237 Å². The minimum atomic E-state index is -4.76. The highest BCUT2D eigenvalue weighted by atomic mass is 31.2. The Morgan fingerprint density at radius 1 is 0.433 bits per heavy atom. The van der Waals surface area contributed by atoms with Gasteiger partial charge in [0.05, 0.1) is 6.61 Å². The molecule has 0 saturated heterocycles. The highest BCUT2D eigenvalue weighted by Crippen LogP contribution is 2.36. The van der Waals surface area contributed by atoms with Gasteiger partial charge in [-0.3, -0.25) is 14.1 Å². The molecule has 0 saturated carbocycles. The van der Waals surface area contributed by atoms with Crippen LogP contribution < -0.4 is 0 Å². The largest absolute Gasteiger partial charge is 0.469 e. The predicted molar refractivity (Wildman–Crippen MR) is 253 cm³/mol. The van der Waals surface area contributed by atoms with Crippen LogP contribution in [-0.4, -0.2) is 41.0 Å². The van der Waals surface area contributed by atoms with E-state index in [9.17, 15) is 14.2 Å². The quantitative estimate of drug-likeness (QED) is 0.0269. The van der Waals surface area contributed by atoms with E-state index in [0.717, 1.165) is 51.4 Å². The van der Waals surface area contributed by atoms with Gasteiger partial charge in [-0.05, 0) is 44.9 Å². The fourth-order valence-electron chi connectivity index (χ4n) is 7.64. The predicted octanol–water partition coefficient (Wildman–Crippen LogP) is 16.3. The molecular formula is C51H97O8P. The van der Waals surface area contributed by atoms with E-state index >= 15 is 0 Å². The van der Waals surface area contributed by atoms with E-state index in [0.29, 0.717) is 6.42 Å². The van der Waals surface area contributed by atoms with Gasteiger partial charge < -0.3 is 19.3 Å². The number of ether oxygens (including phenoxy) is 2. The topological polar surface area (TPSA) is 119 Å². The van der Waals surface area contributed by atoms with Crippen molar-refractivity contribution in [3.05, 3.63) is 24.3 Å². The molecule has 0 aromatic carbocycles. The maximum Gasteiger partial charge on any atom is 0.469 e. The third-order valence-corrected chi connectivity index (χ3v) is 12.0. The second-order valence-electron chi connectivity index (χ2n) is 17.5. The van der Waals surface area contributed by atoms with E-state index < -0.39 is 32.5 Å². The number of hydrogen-bond donors (Lipinski definition) is 2. The number of esters is 2. The number of hydrogen-bond acceptors (Lipinski definition) is 6. The lowest BCUT2D eigenvalue weighted by Crippen LogP contribution is -2.29. The van der Waals surface area contributed by atoms with Crippen LogP contribution in [-0.2, 0) is 28.2 Å². The Morgan fingerprint density at radius 3 is 1.10 bits per heavy atom. The molecule has 0 heterocycles. The van der Waals surface area contributed by atoms with Crippen LogP contribution in [0, 0.1) is 0 Å².